The third kappa shape index (κ3) is 7.01. The molecule has 0 heterocycles. The summed E-state index contributed by atoms with van der Waals surface area (Å²) in [5.74, 6) is -0.747. The first-order chi connectivity index (χ1) is 18.0. The van der Waals surface area contributed by atoms with E-state index in [0.29, 0.717) is 12.2 Å². The van der Waals surface area contributed by atoms with Crippen LogP contribution in [-0.2, 0) is 26.2 Å². The number of nitrogens with zero attached hydrogens (tertiary/aromatic N) is 2. The van der Waals surface area contributed by atoms with Crippen LogP contribution in [0.1, 0.15) is 42.5 Å². The Hall–Kier alpha value is -3.65. The predicted molar refractivity (Wildman–Crippen MR) is 151 cm³/mol. The molecule has 0 aliphatic heterocycles. The van der Waals surface area contributed by atoms with Gasteiger partial charge in [-0.1, -0.05) is 67.1 Å². The molecule has 0 aliphatic carbocycles. The lowest BCUT2D eigenvalue weighted by Crippen LogP contribution is -2.51. The summed E-state index contributed by atoms with van der Waals surface area (Å²) in [6.07, 6.45) is 0.764. The van der Waals surface area contributed by atoms with E-state index >= 15 is 0 Å². The third-order valence-corrected chi connectivity index (χ3v) is 8.17. The largest absolute Gasteiger partial charge is 0.354 e. The van der Waals surface area contributed by atoms with Crippen molar-refractivity contribution < 1.29 is 18.0 Å². The average Bonchev–Trinajstić information content (AvgIpc) is 2.90. The molecule has 0 unspecified atom stereocenters. The molecule has 38 heavy (non-hydrogen) atoms. The van der Waals surface area contributed by atoms with Crippen LogP contribution in [0.3, 0.4) is 0 Å². The van der Waals surface area contributed by atoms with Gasteiger partial charge in [0.25, 0.3) is 10.0 Å². The number of benzene rings is 3. The van der Waals surface area contributed by atoms with E-state index < -0.39 is 28.5 Å². The minimum atomic E-state index is -4.08. The number of carbonyl (C=O) groups is 2. The van der Waals surface area contributed by atoms with Crippen LogP contribution in [0, 0.1) is 20.8 Å². The van der Waals surface area contributed by atoms with Gasteiger partial charge in [0, 0.05) is 13.1 Å². The van der Waals surface area contributed by atoms with Crippen molar-refractivity contribution in [2.75, 3.05) is 17.4 Å². The predicted octanol–water partition coefficient (Wildman–Crippen LogP) is 4.75. The SMILES string of the molecule is CCCNC(=O)[C@H](C)N(Cc1cccc(C)c1)C(=O)CN(c1cc(C)ccc1C)S(=O)(=O)c1ccccc1. The molecular formula is C30H37N3O4S. The first-order valence-corrected chi connectivity index (χ1v) is 14.3. The molecule has 3 aromatic carbocycles. The Morgan fingerprint density at radius 3 is 2.24 bits per heavy atom. The summed E-state index contributed by atoms with van der Waals surface area (Å²) >= 11 is 0. The summed E-state index contributed by atoms with van der Waals surface area (Å²) in [5, 5.41) is 2.86. The molecule has 0 saturated heterocycles. The Balaban J connectivity index is 2.05. The van der Waals surface area contributed by atoms with Crippen LogP contribution in [0.25, 0.3) is 0 Å². The lowest BCUT2D eigenvalue weighted by atomic mass is 10.1. The number of sulfonamides is 1. The number of anilines is 1. The number of rotatable bonds is 11. The second-order valence-corrected chi connectivity index (χ2v) is 11.5. The Kier molecular flexibility index (Phi) is 9.69. The molecule has 3 aromatic rings. The molecule has 202 valence electrons. The smallest absolute Gasteiger partial charge is 0.264 e. The average molecular weight is 536 g/mol. The fourth-order valence-electron chi connectivity index (χ4n) is 4.21. The van der Waals surface area contributed by atoms with Crippen molar-refractivity contribution in [2.45, 2.75) is 58.5 Å². The maximum absolute atomic E-state index is 13.9. The first kappa shape index (κ1) is 28.9. The highest BCUT2D eigenvalue weighted by Crippen LogP contribution is 2.28. The minimum Gasteiger partial charge on any atom is -0.354 e. The zero-order valence-electron chi connectivity index (χ0n) is 22.8. The van der Waals surface area contributed by atoms with Crippen LogP contribution in [0.2, 0.25) is 0 Å². The van der Waals surface area contributed by atoms with Gasteiger partial charge >= 0.3 is 0 Å². The van der Waals surface area contributed by atoms with Crippen molar-refractivity contribution in [3.05, 3.63) is 95.1 Å². The van der Waals surface area contributed by atoms with Gasteiger partial charge in [0.1, 0.15) is 12.6 Å². The monoisotopic (exact) mass is 535 g/mol. The molecule has 2 amide bonds. The van der Waals surface area contributed by atoms with Gasteiger partial charge in [-0.2, -0.15) is 0 Å². The molecule has 1 N–H and O–H groups in total. The van der Waals surface area contributed by atoms with E-state index in [-0.39, 0.29) is 17.3 Å². The molecule has 3 rings (SSSR count). The topological polar surface area (TPSA) is 86.8 Å². The molecule has 1 atom stereocenters. The van der Waals surface area contributed by atoms with Crippen molar-refractivity contribution in [3.8, 4) is 0 Å². The Bertz CT molecular complexity index is 1370. The van der Waals surface area contributed by atoms with E-state index in [4.69, 9.17) is 0 Å². The van der Waals surface area contributed by atoms with Crippen LogP contribution < -0.4 is 9.62 Å². The summed E-state index contributed by atoms with van der Waals surface area (Å²) < 4.78 is 28.9. The highest BCUT2D eigenvalue weighted by Gasteiger charge is 2.33. The summed E-state index contributed by atoms with van der Waals surface area (Å²) in [4.78, 5) is 28.4. The van der Waals surface area contributed by atoms with Crippen LogP contribution in [-0.4, -0.2) is 44.3 Å². The minimum absolute atomic E-state index is 0.0904. The Morgan fingerprint density at radius 2 is 1.58 bits per heavy atom. The Labute approximate surface area is 226 Å². The lowest BCUT2D eigenvalue weighted by Gasteiger charge is -2.32. The number of hydrogen-bond donors (Lipinski definition) is 1. The summed E-state index contributed by atoms with van der Waals surface area (Å²) in [7, 11) is -4.08. The number of hydrogen-bond acceptors (Lipinski definition) is 4. The molecule has 0 saturated carbocycles. The van der Waals surface area contributed by atoms with E-state index in [9.17, 15) is 18.0 Å². The molecule has 0 fully saturated rings. The molecule has 8 heteroatoms. The highest BCUT2D eigenvalue weighted by molar-refractivity contribution is 7.92. The van der Waals surface area contributed by atoms with Crippen LogP contribution in [0.15, 0.2) is 77.7 Å². The molecule has 0 aromatic heterocycles. The molecular weight excluding hydrogens is 498 g/mol. The van der Waals surface area contributed by atoms with Gasteiger partial charge in [-0.25, -0.2) is 8.42 Å². The van der Waals surface area contributed by atoms with Gasteiger partial charge in [-0.15, -0.1) is 0 Å². The Morgan fingerprint density at radius 1 is 0.895 bits per heavy atom. The van der Waals surface area contributed by atoms with Gasteiger partial charge < -0.3 is 10.2 Å². The fourth-order valence-corrected chi connectivity index (χ4v) is 5.70. The van der Waals surface area contributed by atoms with Crippen molar-refractivity contribution in [1.29, 1.82) is 0 Å². The number of amides is 2. The van der Waals surface area contributed by atoms with Crippen molar-refractivity contribution in [2.24, 2.45) is 0 Å². The lowest BCUT2D eigenvalue weighted by molar-refractivity contribution is -0.139. The van der Waals surface area contributed by atoms with E-state index in [2.05, 4.69) is 5.32 Å². The summed E-state index contributed by atoms with van der Waals surface area (Å²) in [6, 6.07) is 20.5. The molecule has 0 bridgehead atoms. The second-order valence-electron chi connectivity index (χ2n) is 9.59. The number of nitrogens with one attached hydrogen (secondary N) is 1. The standard InChI is InChI=1S/C30H37N3O4S/c1-6-17-31-30(35)25(5)32(20-26-12-10-11-22(2)18-26)29(34)21-33(28-19-23(3)15-16-24(28)4)38(36,37)27-13-8-7-9-14-27/h7-16,18-19,25H,6,17,20-21H2,1-5H3,(H,31,35)/t25-/m0/s1. The van der Waals surface area contributed by atoms with Gasteiger partial charge in [-0.05, 0) is 69.0 Å². The van der Waals surface area contributed by atoms with Gasteiger partial charge in [0.2, 0.25) is 11.8 Å². The normalized spacial score (nSPS) is 12.0. The molecule has 0 radical (unpaired) electrons. The van der Waals surface area contributed by atoms with E-state index in [1.807, 2.05) is 64.1 Å². The van der Waals surface area contributed by atoms with E-state index in [1.54, 1.807) is 31.2 Å². The van der Waals surface area contributed by atoms with Gasteiger partial charge in [0.05, 0.1) is 10.6 Å². The maximum atomic E-state index is 13.9. The second kappa shape index (κ2) is 12.7. The third-order valence-electron chi connectivity index (χ3n) is 6.40. The van der Waals surface area contributed by atoms with E-state index in [0.717, 1.165) is 33.0 Å². The summed E-state index contributed by atoms with van der Waals surface area (Å²) in [5.41, 5.74) is 3.91. The maximum Gasteiger partial charge on any atom is 0.264 e. The number of aryl methyl sites for hydroxylation is 3. The van der Waals surface area contributed by atoms with E-state index in [1.165, 1.54) is 17.0 Å². The van der Waals surface area contributed by atoms with Crippen molar-refractivity contribution in [3.63, 3.8) is 0 Å². The van der Waals surface area contributed by atoms with Gasteiger partial charge in [-0.3, -0.25) is 13.9 Å². The summed E-state index contributed by atoms with van der Waals surface area (Å²) in [6.45, 7) is 9.50. The first-order valence-electron chi connectivity index (χ1n) is 12.8. The quantitative estimate of drug-likeness (QED) is 0.384. The van der Waals surface area contributed by atoms with Crippen molar-refractivity contribution in [1.82, 2.24) is 10.2 Å². The molecule has 0 spiro atoms. The van der Waals surface area contributed by atoms with Crippen LogP contribution in [0.4, 0.5) is 5.69 Å². The number of carbonyl (C=O) groups excluding carboxylic acids is 2. The fraction of sp³-hybridized carbons (Fsp3) is 0.333. The zero-order valence-corrected chi connectivity index (χ0v) is 23.6. The molecule has 0 aliphatic rings. The molecule has 7 nitrogen and oxygen atoms in total. The van der Waals surface area contributed by atoms with Crippen LogP contribution >= 0.6 is 0 Å². The highest BCUT2D eigenvalue weighted by atomic mass is 32.2. The van der Waals surface area contributed by atoms with Gasteiger partial charge in [0.15, 0.2) is 0 Å². The zero-order chi connectivity index (χ0) is 27.9. The van der Waals surface area contributed by atoms with Crippen molar-refractivity contribution >= 4 is 27.5 Å². The van der Waals surface area contributed by atoms with Crippen LogP contribution in [0.5, 0.6) is 0 Å².